The van der Waals surface area contributed by atoms with E-state index in [2.05, 4.69) is 0 Å². The number of aryl methyl sites for hydroxylation is 1. The molecule has 0 aliphatic carbocycles. The first-order valence-corrected chi connectivity index (χ1v) is 8.94. The van der Waals surface area contributed by atoms with Crippen molar-refractivity contribution in [3.8, 4) is 0 Å². The Hall–Kier alpha value is -2.34. The minimum Gasteiger partial charge on any atom is -0.457 e. The summed E-state index contributed by atoms with van der Waals surface area (Å²) in [5, 5.41) is 0. The van der Waals surface area contributed by atoms with E-state index in [-0.39, 0.29) is 4.90 Å². The molecule has 2 aromatic rings. The molecule has 1 aromatic heterocycles. The van der Waals surface area contributed by atoms with Gasteiger partial charge in [0.15, 0.2) is 0 Å². The van der Waals surface area contributed by atoms with Crippen molar-refractivity contribution in [3.63, 3.8) is 0 Å². The quantitative estimate of drug-likeness (QED) is 0.628. The fourth-order valence-electron chi connectivity index (χ4n) is 2.04. The maximum Gasteiger partial charge on any atom is 0.331 e. The highest BCUT2D eigenvalue weighted by Crippen LogP contribution is 2.18. The van der Waals surface area contributed by atoms with Crippen molar-refractivity contribution in [2.24, 2.45) is 0 Å². The van der Waals surface area contributed by atoms with Gasteiger partial charge in [-0.25, -0.2) is 17.2 Å². The summed E-state index contributed by atoms with van der Waals surface area (Å²) in [6.45, 7) is 7.19. The summed E-state index contributed by atoms with van der Waals surface area (Å²) in [6, 6.07) is 9.84. The number of carbonyl (C=O) groups excluding carboxylic acids is 1. The van der Waals surface area contributed by atoms with Gasteiger partial charge in [0.2, 0.25) is 0 Å². The molecule has 0 aliphatic heterocycles. The Morgan fingerprint density at radius 2 is 1.75 bits per heavy atom. The monoisotopic (exact) mass is 347 g/mol. The highest BCUT2D eigenvalue weighted by Gasteiger charge is 2.19. The summed E-state index contributed by atoms with van der Waals surface area (Å²) < 4.78 is 31.7. The van der Waals surface area contributed by atoms with Crippen molar-refractivity contribution in [2.45, 2.75) is 38.2 Å². The molecule has 0 unspecified atom stereocenters. The molecule has 24 heavy (non-hydrogen) atoms. The van der Waals surface area contributed by atoms with Gasteiger partial charge in [-0.2, -0.15) is 0 Å². The summed E-state index contributed by atoms with van der Waals surface area (Å²) in [6.07, 6.45) is 4.10. The molecule has 1 heterocycles. The van der Waals surface area contributed by atoms with Crippen molar-refractivity contribution in [3.05, 3.63) is 59.9 Å². The molecule has 5 nitrogen and oxygen atoms in total. The van der Waals surface area contributed by atoms with E-state index in [0.29, 0.717) is 5.69 Å². The minimum atomic E-state index is -3.71. The van der Waals surface area contributed by atoms with Gasteiger partial charge >= 0.3 is 5.97 Å². The Labute approximate surface area is 142 Å². The number of hydrogen-bond acceptors (Lipinski definition) is 4. The van der Waals surface area contributed by atoms with E-state index in [9.17, 15) is 13.2 Å². The van der Waals surface area contributed by atoms with Gasteiger partial charge in [-0.05, 0) is 58.0 Å². The molecule has 6 heteroatoms. The molecule has 0 spiro atoms. The predicted octanol–water partition coefficient (Wildman–Crippen LogP) is 3.39. The number of aromatic nitrogens is 1. The van der Waals surface area contributed by atoms with Crippen molar-refractivity contribution < 1.29 is 17.9 Å². The predicted molar refractivity (Wildman–Crippen MR) is 93.1 cm³/mol. The zero-order valence-corrected chi connectivity index (χ0v) is 15.0. The molecule has 0 radical (unpaired) electrons. The van der Waals surface area contributed by atoms with Gasteiger partial charge in [0.05, 0.1) is 10.6 Å². The second-order valence-corrected chi connectivity index (χ2v) is 8.23. The zero-order valence-electron chi connectivity index (χ0n) is 14.2. The van der Waals surface area contributed by atoms with Crippen LogP contribution in [0.2, 0.25) is 0 Å². The summed E-state index contributed by atoms with van der Waals surface area (Å²) in [7, 11) is -3.71. The largest absolute Gasteiger partial charge is 0.457 e. The number of nitrogens with zero attached hydrogens (tertiary/aromatic N) is 1. The average Bonchev–Trinajstić information content (AvgIpc) is 2.93. The fraction of sp³-hybridized carbons (Fsp3) is 0.278. The van der Waals surface area contributed by atoms with Gasteiger partial charge in [-0.15, -0.1) is 0 Å². The molecule has 0 atom stereocenters. The first kappa shape index (κ1) is 18.0. The lowest BCUT2D eigenvalue weighted by molar-refractivity contribution is -0.148. The van der Waals surface area contributed by atoms with Crippen LogP contribution in [0.25, 0.3) is 6.08 Å². The second-order valence-electron chi connectivity index (χ2n) is 6.41. The van der Waals surface area contributed by atoms with Crippen LogP contribution in [-0.2, 0) is 19.6 Å². The molecular formula is C18H21NO4S. The molecular weight excluding hydrogens is 326 g/mol. The molecule has 0 N–H and O–H groups in total. The zero-order chi connectivity index (χ0) is 18.0. The van der Waals surface area contributed by atoms with E-state index in [1.54, 1.807) is 57.2 Å². The molecule has 1 aromatic carbocycles. The van der Waals surface area contributed by atoms with Crippen LogP contribution in [0.3, 0.4) is 0 Å². The Bertz CT molecular complexity index is 853. The summed E-state index contributed by atoms with van der Waals surface area (Å²) >= 11 is 0. The van der Waals surface area contributed by atoms with Crippen molar-refractivity contribution in [1.82, 2.24) is 3.97 Å². The minimum absolute atomic E-state index is 0.191. The molecule has 0 aliphatic rings. The topological polar surface area (TPSA) is 65.4 Å². The summed E-state index contributed by atoms with van der Waals surface area (Å²) in [5.41, 5.74) is 0.755. The molecule has 128 valence electrons. The van der Waals surface area contributed by atoms with Crippen molar-refractivity contribution >= 4 is 22.1 Å². The lowest BCUT2D eigenvalue weighted by Gasteiger charge is -2.17. The maximum absolute atomic E-state index is 12.7. The molecule has 0 saturated carbocycles. The van der Waals surface area contributed by atoms with Gasteiger partial charge in [-0.1, -0.05) is 17.7 Å². The number of rotatable bonds is 4. The molecule has 2 rings (SSSR count). The number of carbonyl (C=O) groups is 1. The van der Waals surface area contributed by atoms with E-state index in [4.69, 9.17) is 4.74 Å². The van der Waals surface area contributed by atoms with Crippen LogP contribution in [0.15, 0.2) is 53.6 Å². The average molecular weight is 347 g/mol. The maximum atomic E-state index is 12.7. The standard InChI is InChI=1S/C18H21NO4S/c1-14-7-10-16(11-8-14)24(21,22)19-13-5-6-15(19)9-12-17(20)23-18(2,3)4/h5-13H,1-4H3. The summed E-state index contributed by atoms with van der Waals surface area (Å²) in [5.74, 6) is -0.525. The van der Waals surface area contributed by atoms with E-state index in [1.165, 1.54) is 18.3 Å². The van der Waals surface area contributed by atoms with Crippen LogP contribution in [-0.4, -0.2) is 24.0 Å². The van der Waals surface area contributed by atoms with Gasteiger partial charge in [-0.3, -0.25) is 0 Å². The third kappa shape index (κ3) is 4.35. The highest BCUT2D eigenvalue weighted by molar-refractivity contribution is 7.90. The highest BCUT2D eigenvalue weighted by atomic mass is 32.2. The number of hydrogen-bond donors (Lipinski definition) is 0. The SMILES string of the molecule is Cc1ccc(S(=O)(=O)n2cccc2C=CC(=O)OC(C)(C)C)cc1. The number of benzene rings is 1. The first-order chi connectivity index (χ1) is 11.1. The Morgan fingerprint density at radius 3 is 2.33 bits per heavy atom. The Morgan fingerprint density at radius 1 is 1.12 bits per heavy atom. The normalized spacial score (nSPS) is 12.5. The summed E-state index contributed by atoms with van der Waals surface area (Å²) in [4.78, 5) is 11.9. The van der Waals surface area contributed by atoms with Crippen LogP contribution in [0.5, 0.6) is 0 Å². The fourth-order valence-corrected chi connectivity index (χ4v) is 3.38. The molecule has 0 fully saturated rings. The third-order valence-electron chi connectivity index (χ3n) is 3.12. The van der Waals surface area contributed by atoms with E-state index >= 15 is 0 Å². The number of esters is 1. The van der Waals surface area contributed by atoms with Crippen LogP contribution in [0.4, 0.5) is 0 Å². The molecule has 0 saturated heterocycles. The van der Waals surface area contributed by atoms with Crippen molar-refractivity contribution in [2.75, 3.05) is 0 Å². The van der Waals surface area contributed by atoms with E-state index < -0.39 is 21.6 Å². The Kier molecular flexibility index (Phi) is 4.99. The van der Waals surface area contributed by atoms with Crippen molar-refractivity contribution in [1.29, 1.82) is 0 Å². The molecule has 0 bridgehead atoms. The lowest BCUT2D eigenvalue weighted by atomic mass is 10.2. The smallest absolute Gasteiger partial charge is 0.331 e. The van der Waals surface area contributed by atoms with Crippen LogP contribution >= 0.6 is 0 Å². The van der Waals surface area contributed by atoms with E-state index in [1.807, 2.05) is 6.92 Å². The second kappa shape index (κ2) is 6.65. The third-order valence-corrected chi connectivity index (χ3v) is 4.84. The molecule has 0 amide bonds. The number of ether oxygens (including phenoxy) is 1. The van der Waals surface area contributed by atoms with Crippen LogP contribution in [0.1, 0.15) is 32.0 Å². The van der Waals surface area contributed by atoms with Crippen LogP contribution in [0, 0.1) is 6.92 Å². The van der Waals surface area contributed by atoms with Gasteiger partial charge < -0.3 is 4.74 Å². The first-order valence-electron chi connectivity index (χ1n) is 7.50. The van der Waals surface area contributed by atoms with Crippen LogP contribution < -0.4 is 0 Å². The lowest BCUT2D eigenvalue weighted by Crippen LogP contribution is -2.22. The van der Waals surface area contributed by atoms with Gasteiger partial charge in [0.1, 0.15) is 5.60 Å². The van der Waals surface area contributed by atoms with E-state index in [0.717, 1.165) is 9.54 Å². The van der Waals surface area contributed by atoms with Gasteiger partial charge in [0.25, 0.3) is 10.0 Å². The Balaban J connectivity index is 2.30. The van der Waals surface area contributed by atoms with Gasteiger partial charge in [0, 0.05) is 12.3 Å².